The van der Waals surface area contributed by atoms with Crippen LogP contribution >= 0.6 is 0 Å². The van der Waals surface area contributed by atoms with E-state index < -0.39 is 36.2 Å². The minimum Gasteiger partial charge on any atom is -0.478 e. The highest BCUT2D eigenvalue weighted by molar-refractivity contribution is 5.99. The van der Waals surface area contributed by atoms with Gasteiger partial charge in [0.15, 0.2) is 12.6 Å². The molecule has 1 aliphatic heterocycles. The molecule has 8 heteroatoms. The maximum atomic E-state index is 12.4. The molecule has 1 fully saturated rings. The van der Waals surface area contributed by atoms with Gasteiger partial charge in [-0.15, -0.1) is 0 Å². The van der Waals surface area contributed by atoms with Gasteiger partial charge in [-0.3, -0.25) is 0 Å². The summed E-state index contributed by atoms with van der Waals surface area (Å²) in [7, 11) is 1.47. The molecular formula is C30H38O8. The number of carbonyl (C=O) groups is 1. The third-order valence-electron chi connectivity index (χ3n) is 6.42. The molecule has 0 spiro atoms. The molecule has 2 aromatic carbocycles. The van der Waals surface area contributed by atoms with Crippen molar-refractivity contribution in [3.05, 3.63) is 71.8 Å². The van der Waals surface area contributed by atoms with E-state index in [1.54, 1.807) is 45.1 Å². The molecule has 3 rings (SSSR count). The van der Waals surface area contributed by atoms with E-state index in [9.17, 15) is 20.1 Å². The highest BCUT2D eigenvalue weighted by atomic mass is 16.8. The number of aromatic carboxylic acids is 1. The van der Waals surface area contributed by atoms with Gasteiger partial charge in [-0.1, -0.05) is 67.6 Å². The van der Waals surface area contributed by atoms with Gasteiger partial charge in [0.2, 0.25) is 0 Å². The molecule has 3 N–H and O–H groups in total. The minimum absolute atomic E-state index is 0.0233. The van der Waals surface area contributed by atoms with E-state index in [1.807, 2.05) is 49.4 Å². The van der Waals surface area contributed by atoms with Gasteiger partial charge in [-0.05, 0) is 50.3 Å². The standard InChI is InChI=1S/C30H38O8/c1-19(20(2)31)14-16-24(32)28-26(37-30(3,4)38-28)13-9-12-23-22(21-10-7-6-8-11-21)15-17-25(36-18-35-5)27(23)29(33)34/h6-12,14-17,19-20,24,26,28,31-32H,13,18H2,1-5H3,(H,33,34)/b12-9+,16-14-/t19-,20-,24?,26+,28+/m0/s1. The average Bonchev–Trinajstić information content (AvgIpc) is 3.20. The highest BCUT2D eigenvalue weighted by Gasteiger charge is 2.43. The Hall–Kier alpha value is -3.01. The first-order valence-corrected chi connectivity index (χ1v) is 12.7. The molecule has 5 atom stereocenters. The third-order valence-corrected chi connectivity index (χ3v) is 6.42. The number of carboxylic acid groups (broad SMARTS) is 1. The maximum Gasteiger partial charge on any atom is 0.340 e. The van der Waals surface area contributed by atoms with Crippen LogP contribution in [0.15, 0.2) is 60.7 Å². The SMILES string of the molecule is COCOc1ccc(-c2ccccc2)c(/C=C/C[C@H]2OC(C)(C)O[C@@H]2C(O)/C=C\[C@H](C)[C@H](C)O)c1C(=O)O. The second-order valence-electron chi connectivity index (χ2n) is 9.87. The van der Waals surface area contributed by atoms with Gasteiger partial charge in [-0.25, -0.2) is 4.79 Å². The fraction of sp³-hybridized carbons (Fsp3) is 0.433. The lowest BCUT2D eigenvalue weighted by atomic mass is 9.93. The number of hydrogen-bond acceptors (Lipinski definition) is 7. The lowest BCUT2D eigenvalue weighted by Crippen LogP contribution is -2.34. The van der Waals surface area contributed by atoms with Crippen molar-refractivity contribution in [2.24, 2.45) is 5.92 Å². The summed E-state index contributed by atoms with van der Waals surface area (Å²) in [6.07, 6.45) is 4.70. The Morgan fingerprint density at radius 2 is 1.79 bits per heavy atom. The fourth-order valence-electron chi connectivity index (χ4n) is 4.32. The molecular weight excluding hydrogens is 488 g/mol. The van der Waals surface area contributed by atoms with Crippen LogP contribution in [0.4, 0.5) is 0 Å². The van der Waals surface area contributed by atoms with E-state index in [-0.39, 0.29) is 24.0 Å². The molecule has 0 aliphatic carbocycles. The molecule has 2 aromatic rings. The van der Waals surface area contributed by atoms with Crippen molar-refractivity contribution in [3.63, 3.8) is 0 Å². The van der Waals surface area contributed by atoms with Crippen LogP contribution in [0.25, 0.3) is 17.2 Å². The van der Waals surface area contributed by atoms with Crippen molar-refractivity contribution in [1.29, 1.82) is 0 Å². The molecule has 0 saturated carbocycles. The zero-order valence-corrected chi connectivity index (χ0v) is 22.5. The first-order chi connectivity index (χ1) is 18.0. The predicted molar refractivity (Wildman–Crippen MR) is 145 cm³/mol. The molecule has 1 unspecified atom stereocenters. The van der Waals surface area contributed by atoms with Crippen LogP contribution in [0.5, 0.6) is 5.75 Å². The van der Waals surface area contributed by atoms with Gasteiger partial charge >= 0.3 is 5.97 Å². The first-order valence-electron chi connectivity index (χ1n) is 12.7. The van der Waals surface area contributed by atoms with E-state index in [0.717, 1.165) is 11.1 Å². The Balaban J connectivity index is 1.93. The smallest absolute Gasteiger partial charge is 0.340 e. The summed E-state index contributed by atoms with van der Waals surface area (Å²) >= 11 is 0. The third kappa shape index (κ3) is 7.52. The van der Waals surface area contributed by atoms with E-state index in [4.69, 9.17) is 18.9 Å². The number of ether oxygens (including phenoxy) is 4. The van der Waals surface area contributed by atoms with Gasteiger partial charge < -0.3 is 34.3 Å². The summed E-state index contributed by atoms with van der Waals surface area (Å²) in [6.45, 7) is 7.03. The molecule has 0 radical (unpaired) electrons. The van der Waals surface area contributed by atoms with Crippen molar-refractivity contribution in [2.45, 2.75) is 64.3 Å². The number of carboxylic acids is 1. The van der Waals surface area contributed by atoms with E-state index in [0.29, 0.717) is 12.0 Å². The van der Waals surface area contributed by atoms with Crippen LogP contribution in [-0.4, -0.2) is 65.4 Å². The van der Waals surface area contributed by atoms with Crippen LogP contribution in [0, 0.1) is 5.92 Å². The molecule has 8 nitrogen and oxygen atoms in total. The van der Waals surface area contributed by atoms with E-state index >= 15 is 0 Å². The van der Waals surface area contributed by atoms with Gasteiger partial charge in [0, 0.05) is 12.7 Å². The van der Waals surface area contributed by atoms with Crippen LogP contribution in [0.1, 0.15) is 50.0 Å². The van der Waals surface area contributed by atoms with Crippen LogP contribution in [0.3, 0.4) is 0 Å². The van der Waals surface area contributed by atoms with Crippen LogP contribution in [0.2, 0.25) is 0 Å². The number of benzene rings is 2. The predicted octanol–water partition coefficient (Wildman–Crippen LogP) is 4.89. The summed E-state index contributed by atoms with van der Waals surface area (Å²) in [4.78, 5) is 12.4. The van der Waals surface area contributed by atoms with Crippen LogP contribution < -0.4 is 4.74 Å². The topological polar surface area (TPSA) is 115 Å². The Morgan fingerprint density at radius 3 is 2.42 bits per heavy atom. The maximum absolute atomic E-state index is 12.4. The Labute approximate surface area is 224 Å². The number of aliphatic hydroxyl groups excluding tert-OH is 2. The largest absolute Gasteiger partial charge is 0.478 e. The van der Waals surface area contributed by atoms with Crippen molar-refractivity contribution in [1.82, 2.24) is 0 Å². The summed E-state index contributed by atoms with van der Waals surface area (Å²) in [5.41, 5.74) is 2.10. The zero-order chi connectivity index (χ0) is 27.9. The molecule has 0 amide bonds. The normalized spacial score (nSPS) is 21.6. The Bertz CT molecular complexity index is 1120. The highest BCUT2D eigenvalue weighted by Crippen LogP contribution is 2.35. The zero-order valence-electron chi connectivity index (χ0n) is 22.5. The molecule has 38 heavy (non-hydrogen) atoms. The van der Waals surface area contributed by atoms with Crippen molar-refractivity contribution < 1.29 is 39.1 Å². The minimum atomic E-state index is -1.12. The molecule has 0 bridgehead atoms. The van der Waals surface area contributed by atoms with Crippen molar-refractivity contribution in [2.75, 3.05) is 13.9 Å². The second kappa shape index (κ2) is 13.2. The van der Waals surface area contributed by atoms with Gasteiger partial charge in [0.05, 0.1) is 12.2 Å². The van der Waals surface area contributed by atoms with Gasteiger partial charge in [-0.2, -0.15) is 0 Å². The summed E-state index contributed by atoms with van der Waals surface area (Å²) in [6, 6.07) is 13.0. The summed E-state index contributed by atoms with van der Waals surface area (Å²) in [5, 5.41) is 30.7. The molecule has 0 aromatic heterocycles. The monoisotopic (exact) mass is 526 g/mol. The summed E-state index contributed by atoms with van der Waals surface area (Å²) < 4.78 is 22.6. The lowest BCUT2D eigenvalue weighted by Gasteiger charge is -2.20. The van der Waals surface area contributed by atoms with Crippen LogP contribution in [-0.2, 0) is 14.2 Å². The number of rotatable bonds is 12. The fourth-order valence-corrected chi connectivity index (χ4v) is 4.32. The summed E-state index contributed by atoms with van der Waals surface area (Å²) in [5.74, 6) is -1.95. The number of hydrogen-bond donors (Lipinski definition) is 3. The first kappa shape index (κ1) is 29.5. The number of aliphatic hydroxyl groups is 2. The quantitative estimate of drug-likeness (QED) is 0.265. The molecule has 1 aliphatic rings. The Morgan fingerprint density at radius 1 is 1.08 bits per heavy atom. The van der Waals surface area contributed by atoms with E-state index in [1.165, 1.54) is 7.11 Å². The lowest BCUT2D eigenvalue weighted by molar-refractivity contribution is -0.152. The van der Waals surface area contributed by atoms with Crippen molar-refractivity contribution >= 4 is 12.0 Å². The molecule has 1 saturated heterocycles. The van der Waals surface area contributed by atoms with Gasteiger partial charge in [0.1, 0.15) is 23.5 Å². The van der Waals surface area contributed by atoms with Gasteiger partial charge in [0.25, 0.3) is 0 Å². The number of methoxy groups -OCH3 is 1. The van der Waals surface area contributed by atoms with Crippen molar-refractivity contribution in [3.8, 4) is 16.9 Å². The molecule has 206 valence electrons. The Kier molecular flexibility index (Phi) is 10.2. The second-order valence-corrected chi connectivity index (χ2v) is 9.87. The average molecular weight is 527 g/mol. The molecule has 1 heterocycles. The van der Waals surface area contributed by atoms with E-state index in [2.05, 4.69) is 0 Å².